The van der Waals surface area contributed by atoms with Crippen LogP contribution in [0.1, 0.15) is 140 Å². The lowest BCUT2D eigenvalue weighted by molar-refractivity contribution is -0.958. The largest absolute Gasteiger partial charge is 0.756 e. The lowest BCUT2D eigenvalue weighted by Crippen LogP contribution is -2.51. The van der Waals surface area contributed by atoms with Gasteiger partial charge in [-0.05, 0) is 31.6 Å². The molecule has 2 aromatic carbocycles. The average Bonchev–Trinajstić information content (AvgIpc) is 3.04. The molecule has 1 aliphatic rings. The van der Waals surface area contributed by atoms with Crippen molar-refractivity contribution in [3.8, 4) is 0 Å². The molecule has 1 aliphatic heterocycles. The van der Waals surface area contributed by atoms with E-state index in [4.69, 9.17) is 9.05 Å². The molecule has 262 valence electrons. The zero-order valence-corrected chi connectivity index (χ0v) is 30.0. The van der Waals surface area contributed by atoms with Gasteiger partial charge in [-0.2, -0.15) is 0 Å². The molecule has 2 aromatic rings. The summed E-state index contributed by atoms with van der Waals surface area (Å²) < 4.78 is 23.8. The maximum Gasteiger partial charge on any atom is 0.267 e. The highest BCUT2D eigenvalue weighted by Crippen LogP contribution is 2.39. The van der Waals surface area contributed by atoms with Gasteiger partial charge in [0.25, 0.3) is 7.82 Å². The number of phosphoric ester groups is 1. The SMILES string of the molecule is CCCCCCCCCCCCCCCCCCOP(=O)([O-])OCCC1CC[N+](Cc2ccccc2)(Cc2ccccc2)CC1.O. The monoisotopic (exact) mass is 659 g/mol. The van der Waals surface area contributed by atoms with Gasteiger partial charge in [-0.1, -0.05) is 164 Å². The Kier molecular flexibility index (Phi) is 21.7. The number of nitrogens with zero attached hydrogens (tertiary/aromatic N) is 1. The van der Waals surface area contributed by atoms with E-state index in [9.17, 15) is 9.46 Å². The Bertz CT molecular complexity index is 986. The van der Waals surface area contributed by atoms with Gasteiger partial charge in [0.2, 0.25) is 0 Å². The van der Waals surface area contributed by atoms with E-state index in [-0.39, 0.29) is 18.7 Å². The first-order valence-electron chi connectivity index (χ1n) is 18.5. The average molecular weight is 660 g/mol. The van der Waals surface area contributed by atoms with Gasteiger partial charge in [-0.3, -0.25) is 4.57 Å². The molecule has 1 saturated heterocycles. The van der Waals surface area contributed by atoms with Gasteiger partial charge in [0.1, 0.15) is 13.1 Å². The third-order valence-electron chi connectivity index (χ3n) is 9.77. The standard InChI is InChI=1S/C39H64NO4P.H2O/c1-2-3-4-5-6-7-8-9-10-11-12-13-14-15-16-23-33-43-45(41,42)44-34-30-37-28-31-40(32-29-37,35-38-24-19-17-20-25-38)36-39-26-21-18-22-27-39;/h17-22,24-27,37H,2-16,23,28-36H2,1H3;1H2. The smallest absolute Gasteiger partial charge is 0.267 e. The second kappa shape index (κ2) is 24.6. The maximum atomic E-state index is 12.3. The van der Waals surface area contributed by atoms with E-state index in [0.29, 0.717) is 5.92 Å². The zero-order chi connectivity index (χ0) is 31.9. The molecule has 0 saturated carbocycles. The van der Waals surface area contributed by atoms with Gasteiger partial charge in [0.05, 0.1) is 26.3 Å². The normalized spacial score (nSPS) is 16.1. The van der Waals surface area contributed by atoms with Gasteiger partial charge in [0.15, 0.2) is 0 Å². The molecule has 0 radical (unpaired) electrons. The molecule has 1 fully saturated rings. The second-order valence-corrected chi connectivity index (χ2v) is 15.1. The van der Waals surface area contributed by atoms with E-state index >= 15 is 0 Å². The van der Waals surface area contributed by atoms with E-state index in [0.717, 1.165) is 69.2 Å². The van der Waals surface area contributed by atoms with Crippen molar-refractivity contribution in [2.75, 3.05) is 26.3 Å². The fraction of sp³-hybridized carbons (Fsp3) is 0.692. The van der Waals surface area contributed by atoms with Crippen molar-refractivity contribution in [2.45, 2.75) is 142 Å². The van der Waals surface area contributed by atoms with Crippen LogP contribution in [0.2, 0.25) is 0 Å². The van der Waals surface area contributed by atoms with E-state index < -0.39 is 7.82 Å². The highest BCUT2D eigenvalue weighted by molar-refractivity contribution is 7.45. The molecule has 1 atom stereocenters. The quantitative estimate of drug-likeness (QED) is 0.0571. The van der Waals surface area contributed by atoms with Crippen LogP contribution in [0.3, 0.4) is 0 Å². The summed E-state index contributed by atoms with van der Waals surface area (Å²) in [5.74, 6) is 0.489. The Morgan fingerprint density at radius 2 is 1.02 bits per heavy atom. The van der Waals surface area contributed by atoms with E-state index in [1.54, 1.807) is 0 Å². The molecule has 0 aliphatic carbocycles. The molecule has 7 heteroatoms. The zero-order valence-electron chi connectivity index (χ0n) is 29.1. The summed E-state index contributed by atoms with van der Waals surface area (Å²) in [7, 11) is -4.22. The lowest BCUT2D eigenvalue weighted by Gasteiger charge is -2.44. The van der Waals surface area contributed by atoms with Crippen LogP contribution in [-0.4, -0.2) is 36.3 Å². The minimum atomic E-state index is -4.22. The summed E-state index contributed by atoms with van der Waals surface area (Å²) in [6.45, 7) is 6.99. The maximum absolute atomic E-state index is 12.3. The van der Waals surface area contributed by atoms with Crippen LogP contribution in [0, 0.1) is 5.92 Å². The number of hydrogen-bond acceptors (Lipinski definition) is 4. The molecule has 0 aromatic heterocycles. The minimum absolute atomic E-state index is 0. The predicted molar refractivity (Wildman–Crippen MR) is 190 cm³/mol. The van der Waals surface area contributed by atoms with Crippen molar-refractivity contribution >= 4 is 7.82 Å². The Morgan fingerprint density at radius 3 is 1.46 bits per heavy atom. The third-order valence-corrected chi connectivity index (χ3v) is 10.8. The molecule has 2 N–H and O–H groups in total. The summed E-state index contributed by atoms with van der Waals surface area (Å²) in [5.41, 5.74) is 2.76. The van der Waals surface area contributed by atoms with Crippen molar-refractivity contribution in [2.24, 2.45) is 5.92 Å². The minimum Gasteiger partial charge on any atom is -0.756 e. The van der Waals surface area contributed by atoms with Crippen LogP contribution in [0.25, 0.3) is 0 Å². The first kappa shape index (κ1) is 40.6. The molecule has 0 spiro atoms. The van der Waals surface area contributed by atoms with Crippen LogP contribution in [0.4, 0.5) is 0 Å². The topological polar surface area (TPSA) is 90.1 Å². The molecule has 0 bridgehead atoms. The number of hydrogen-bond donors (Lipinski definition) is 0. The van der Waals surface area contributed by atoms with Crippen molar-refractivity contribution < 1.29 is 28.5 Å². The number of rotatable bonds is 26. The molecule has 0 amide bonds. The Balaban J connectivity index is 0.00000736. The van der Waals surface area contributed by atoms with Crippen molar-refractivity contribution in [3.63, 3.8) is 0 Å². The van der Waals surface area contributed by atoms with E-state index in [1.165, 1.54) is 94.6 Å². The van der Waals surface area contributed by atoms with Gasteiger partial charge < -0.3 is 23.9 Å². The predicted octanol–water partition coefficient (Wildman–Crippen LogP) is 9.94. The van der Waals surface area contributed by atoms with Crippen LogP contribution in [0.5, 0.6) is 0 Å². The number of quaternary nitrogens is 1. The highest BCUT2D eigenvalue weighted by Gasteiger charge is 2.34. The number of piperidine rings is 1. The van der Waals surface area contributed by atoms with Gasteiger partial charge in [-0.25, -0.2) is 0 Å². The highest BCUT2D eigenvalue weighted by atomic mass is 31.2. The fourth-order valence-corrected chi connectivity index (χ4v) is 7.72. The number of likely N-dealkylation sites (tertiary alicyclic amines) is 1. The Morgan fingerprint density at radius 1 is 0.630 bits per heavy atom. The van der Waals surface area contributed by atoms with Gasteiger partial charge >= 0.3 is 0 Å². The van der Waals surface area contributed by atoms with E-state index in [1.807, 2.05) is 0 Å². The summed E-state index contributed by atoms with van der Waals surface area (Å²) in [6.07, 6.45) is 23.7. The van der Waals surface area contributed by atoms with E-state index in [2.05, 4.69) is 67.6 Å². The van der Waals surface area contributed by atoms with Crippen molar-refractivity contribution in [3.05, 3.63) is 71.8 Å². The van der Waals surface area contributed by atoms with Crippen LogP contribution in [-0.2, 0) is 26.7 Å². The summed E-state index contributed by atoms with van der Waals surface area (Å²) in [6, 6.07) is 21.6. The fourth-order valence-electron chi connectivity index (χ4n) is 6.97. The molecule has 1 unspecified atom stereocenters. The van der Waals surface area contributed by atoms with Gasteiger partial charge in [-0.15, -0.1) is 0 Å². The summed E-state index contributed by atoms with van der Waals surface area (Å²) >= 11 is 0. The Hall–Kier alpha value is -1.53. The molecular weight excluding hydrogens is 593 g/mol. The van der Waals surface area contributed by atoms with Crippen molar-refractivity contribution in [1.82, 2.24) is 0 Å². The van der Waals surface area contributed by atoms with Crippen molar-refractivity contribution in [1.29, 1.82) is 0 Å². The molecule has 6 nitrogen and oxygen atoms in total. The molecular formula is C39H66NO5P. The van der Waals surface area contributed by atoms with Crippen LogP contribution >= 0.6 is 7.82 Å². The summed E-state index contributed by atoms with van der Waals surface area (Å²) in [5, 5.41) is 0. The lowest BCUT2D eigenvalue weighted by atomic mass is 9.91. The molecule has 46 heavy (non-hydrogen) atoms. The second-order valence-electron chi connectivity index (χ2n) is 13.7. The third kappa shape index (κ3) is 18.1. The molecule has 1 heterocycles. The van der Waals surface area contributed by atoms with Crippen LogP contribution in [0.15, 0.2) is 60.7 Å². The van der Waals surface area contributed by atoms with Crippen LogP contribution < -0.4 is 4.89 Å². The molecule has 3 rings (SSSR count). The summed E-state index contributed by atoms with van der Waals surface area (Å²) in [4.78, 5) is 12.3. The first-order chi connectivity index (χ1) is 22.0. The number of benzene rings is 2. The first-order valence-corrected chi connectivity index (χ1v) is 20.0. The number of phosphoric acid groups is 1. The van der Waals surface area contributed by atoms with Gasteiger partial charge in [0, 0.05) is 11.1 Å². The Labute approximate surface area is 281 Å². The number of unbranched alkanes of at least 4 members (excludes halogenated alkanes) is 15.